The lowest BCUT2D eigenvalue weighted by Crippen LogP contribution is -2.30. The van der Waals surface area contributed by atoms with Gasteiger partial charge in [0.1, 0.15) is 19.0 Å². The predicted octanol–water partition coefficient (Wildman–Crippen LogP) is 10.0. The maximum atomic E-state index is 12.1. The van der Waals surface area contributed by atoms with Crippen LogP contribution in [-0.2, 0) is 57.1 Å². The fourth-order valence-electron chi connectivity index (χ4n) is 8.26. The molecule has 65 heavy (non-hydrogen) atoms. The van der Waals surface area contributed by atoms with Crippen molar-refractivity contribution in [3.63, 3.8) is 0 Å². The zero-order chi connectivity index (χ0) is 47.8. The molecule has 0 aromatic heterocycles. The van der Waals surface area contributed by atoms with Gasteiger partial charge in [0.15, 0.2) is 12.2 Å². The van der Waals surface area contributed by atoms with E-state index < -0.39 is 18.2 Å². The summed E-state index contributed by atoms with van der Waals surface area (Å²) in [5.74, 6) is 3.64. The Labute approximate surface area is 389 Å². The Morgan fingerprint density at radius 1 is 0.554 bits per heavy atom. The maximum absolute atomic E-state index is 12.1. The van der Waals surface area contributed by atoms with Gasteiger partial charge in [0.25, 0.3) is 0 Å². The number of fused-ring (bicyclic) bond motifs is 5. The third-order valence-electron chi connectivity index (χ3n) is 11.6. The molecule has 3 fully saturated rings. The summed E-state index contributed by atoms with van der Waals surface area (Å²) in [5, 5.41) is 0. The van der Waals surface area contributed by atoms with Crippen LogP contribution in [0.15, 0.2) is 66.8 Å². The number of hydrogen-bond donors (Lipinski definition) is 0. The molecule has 13 heteroatoms. The summed E-state index contributed by atoms with van der Waals surface area (Å²) in [6.07, 6.45) is 15.4. The third-order valence-corrected chi connectivity index (χ3v) is 11.6. The van der Waals surface area contributed by atoms with Gasteiger partial charge in [-0.3, -0.25) is 9.59 Å². The normalized spacial score (nSPS) is 18.5. The smallest absolute Gasteiger partial charge is 0.333 e. The molecule has 2 bridgehead atoms. The van der Waals surface area contributed by atoms with Crippen LogP contribution in [0, 0.1) is 23.7 Å². The van der Waals surface area contributed by atoms with Crippen LogP contribution in [0.25, 0.3) is 0 Å². The predicted molar refractivity (Wildman–Crippen MR) is 250 cm³/mol. The molecule has 0 saturated heterocycles. The molecule has 0 radical (unpaired) electrons. The molecule has 1 aromatic rings. The van der Waals surface area contributed by atoms with Crippen molar-refractivity contribution in [2.45, 2.75) is 150 Å². The number of unbranched alkanes of at least 4 members (excludes halogenated alkanes) is 6. The quantitative estimate of drug-likeness (QED) is 0.0311. The number of ether oxygens (including phenoxy) is 8. The first kappa shape index (κ1) is 56.6. The summed E-state index contributed by atoms with van der Waals surface area (Å²) in [5.41, 5.74) is 1.07. The lowest BCUT2D eigenvalue weighted by molar-refractivity contribution is -0.161. The van der Waals surface area contributed by atoms with Crippen LogP contribution >= 0.6 is 0 Å². The van der Waals surface area contributed by atoms with Gasteiger partial charge in [-0.25, -0.2) is 14.4 Å². The molecule has 3 aliphatic carbocycles. The van der Waals surface area contributed by atoms with Crippen LogP contribution in [0.4, 0.5) is 0 Å². The summed E-state index contributed by atoms with van der Waals surface area (Å²) >= 11 is 0. The number of benzene rings is 1. The zero-order valence-electron chi connectivity index (χ0n) is 40.2. The van der Waals surface area contributed by atoms with E-state index in [1.54, 1.807) is 59.3 Å². The highest BCUT2D eigenvalue weighted by Crippen LogP contribution is 2.58. The monoisotopic (exact) mass is 913 g/mol. The van der Waals surface area contributed by atoms with E-state index in [9.17, 15) is 24.0 Å². The van der Waals surface area contributed by atoms with Gasteiger partial charge in [0.05, 0.1) is 26.4 Å². The first-order valence-corrected chi connectivity index (χ1v) is 24.0. The molecular formula is C52H80O13. The SMILES string of the molecule is C1CC2C3CCC(C3)C2C1.C=C(C)C(=O)OCCCCCCC(=O)OC(COCC)COC(=O)C(=C)C.C=C(C)C(=O)OCCCCCCC(=O)OC(COCC)COc1ccccc1. The Morgan fingerprint density at radius 3 is 1.43 bits per heavy atom. The van der Waals surface area contributed by atoms with Crippen LogP contribution in [-0.4, -0.2) is 94.9 Å². The molecule has 3 saturated carbocycles. The molecule has 0 heterocycles. The Kier molecular flexibility index (Phi) is 29.5. The zero-order valence-corrected chi connectivity index (χ0v) is 40.2. The summed E-state index contributed by atoms with van der Waals surface area (Å²) < 4.78 is 42.2. The summed E-state index contributed by atoms with van der Waals surface area (Å²) in [7, 11) is 0. The molecule has 366 valence electrons. The van der Waals surface area contributed by atoms with Gasteiger partial charge >= 0.3 is 29.8 Å². The molecule has 0 spiro atoms. The number of hydrogen-bond acceptors (Lipinski definition) is 13. The average molecular weight is 913 g/mol. The summed E-state index contributed by atoms with van der Waals surface area (Å²) in [6.45, 7) is 21.4. The lowest BCUT2D eigenvalue weighted by Gasteiger charge is -2.23. The molecule has 13 nitrogen and oxygen atoms in total. The van der Waals surface area contributed by atoms with Crippen LogP contribution in [0.3, 0.4) is 0 Å². The average Bonchev–Trinajstić information content (AvgIpc) is 4.06. The second-order valence-electron chi connectivity index (χ2n) is 17.3. The Balaban J connectivity index is 0.000000365. The van der Waals surface area contributed by atoms with E-state index in [2.05, 4.69) is 19.7 Å². The van der Waals surface area contributed by atoms with Gasteiger partial charge in [-0.1, -0.05) is 70.0 Å². The van der Waals surface area contributed by atoms with Crippen LogP contribution in [0.1, 0.15) is 137 Å². The van der Waals surface area contributed by atoms with Gasteiger partial charge < -0.3 is 37.9 Å². The second kappa shape index (κ2) is 33.9. The van der Waals surface area contributed by atoms with Crippen LogP contribution in [0.5, 0.6) is 5.75 Å². The Bertz CT molecular complexity index is 1570. The topological polar surface area (TPSA) is 159 Å². The molecule has 3 aliphatic rings. The molecule has 6 atom stereocenters. The first-order valence-electron chi connectivity index (χ1n) is 24.0. The van der Waals surface area contributed by atoms with Crippen molar-refractivity contribution in [2.75, 3.05) is 52.9 Å². The number of carbonyl (C=O) groups is 5. The van der Waals surface area contributed by atoms with E-state index in [1.165, 1.54) is 23.7 Å². The minimum Gasteiger partial charge on any atom is -0.490 e. The molecule has 0 N–H and O–H groups in total. The molecule has 0 amide bonds. The number of para-hydroxylation sites is 1. The summed E-state index contributed by atoms with van der Waals surface area (Å²) in [6, 6.07) is 9.40. The minimum absolute atomic E-state index is 0.0640. The Morgan fingerprint density at radius 2 is 0.985 bits per heavy atom. The van der Waals surface area contributed by atoms with Crippen molar-refractivity contribution in [1.82, 2.24) is 0 Å². The van der Waals surface area contributed by atoms with E-state index >= 15 is 0 Å². The largest absolute Gasteiger partial charge is 0.490 e. The molecular weight excluding hydrogens is 833 g/mol. The van der Waals surface area contributed by atoms with Crippen molar-refractivity contribution < 1.29 is 61.9 Å². The standard InChI is InChI=1S/C22H32O6.C20H32O7.C10H16/c1-4-25-16-20(17-27-19-12-8-7-9-13-19)28-21(23)14-10-5-6-11-15-26-22(24)18(2)3;1-6-24-13-17(14-26-20(23)16(4)5)27-18(21)11-9-7-8-10-12-25-19(22)15(2)3;1-2-9-7-4-5-8(6-7)10(9)3-1/h7-9,12-13,20H,2,4-6,10-11,14-17H2,1,3H3;17H,2,4,6-14H2,1,3,5H3;7-10H,1-6H2. The molecule has 4 rings (SSSR count). The van der Waals surface area contributed by atoms with E-state index in [1.807, 2.05) is 44.2 Å². The highest BCUT2D eigenvalue weighted by molar-refractivity contribution is 5.87. The van der Waals surface area contributed by atoms with E-state index in [0.717, 1.165) is 50.7 Å². The summed E-state index contributed by atoms with van der Waals surface area (Å²) in [4.78, 5) is 57.9. The number of rotatable bonds is 30. The van der Waals surface area contributed by atoms with Gasteiger partial charge in [-0.05, 0) is 128 Å². The van der Waals surface area contributed by atoms with Crippen molar-refractivity contribution in [1.29, 1.82) is 0 Å². The number of esters is 5. The van der Waals surface area contributed by atoms with Crippen LogP contribution < -0.4 is 4.74 Å². The van der Waals surface area contributed by atoms with Crippen LogP contribution in [0.2, 0.25) is 0 Å². The minimum atomic E-state index is -0.637. The number of carbonyl (C=O) groups excluding carboxylic acids is 5. The fourth-order valence-corrected chi connectivity index (χ4v) is 8.26. The van der Waals surface area contributed by atoms with Gasteiger partial charge in [-0.15, -0.1) is 0 Å². The van der Waals surface area contributed by atoms with Gasteiger partial charge in [-0.2, -0.15) is 0 Å². The van der Waals surface area contributed by atoms with E-state index in [-0.39, 0.29) is 55.7 Å². The Hall–Kier alpha value is -4.49. The van der Waals surface area contributed by atoms with Crippen molar-refractivity contribution >= 4 is 29.8 Å². The van der Waals surface area contributed by atoms with Crippen molar-refractivity contribution in [2.24, 2.45) is 23.7 Å². The van der Waals surface area contributed by atoms with E-state index in [4.69, 9.17) is 37.9 Å². The van der Waals surface area contributed by atoms with Gasteiger partial charge in [0.2, 0.25) is 0 Å². The highest BCUT2D eigenvalue weighted by atomic mass is 16.6. The fraction of sp³-hybridized carbons (Fsp3) is 0.673. The van der Waals surface area contributed by atoms with Crippen molar-refractivity contribution in [3.05, 3.63) is 66.8 Å². The van der Waals surface area contributed by atoms with E-state index in [0.29, 0.717) is 57.0 Å². The van der Waals surface area contributed by atoms with Gasteiger partial charge in [0, 0.05) is 42.8 Å². The first-order chi connectivity index (χ1) is 31.2. The third kappa shape index (κ3) is 25.1. The van der Waals surface area contributed by atoms with Crippen molar-refractivity contribution in [3.8, 4) is 5.75 Å². The molecule has 6 unspecified atom stereocenters. The molecule has 0 aliphatic heterocycles. The second-order valence-corrected chi connectivity index (χ2v) is 17.3. The maximum Gasteiger partial charge on any atom is 0.333 e. The molecule has 1 aromatic carbocycles. The highest BCUT2D eigenvalue weighted by Gasteiger charge is 2.48. The lowest BCUT2D eigenvalue weighted by atomic mass is 9.82.